The van der Waals surface area contributed by atoms with Crippen molar-refractivity contribution in [3.05, 3.63) is 0 Å². The van der Waals surface area contributed by atoms with Gasteiger partial charge in [0.05, 0.1) is 6.54 Å². The van der Waals surface area contributed by atoms with Crippen LogP contribution in [0.25, 0.3) is 0 Å². The topological polar surface area (TPSA) is 52.7 Å². The van der Waals surface area contributed by atoms with E-state index in [4.69, 9.17) is 0 Å². The average Bonchev–Trinajstić information content (AvgIpc) is 3.22. The Kier molecular flexibility index (Phi) is 5.57. The first-order valence-electron chi connectivity index (χ1n) is 9.47. The summed E-state index contributed by atoms with van der Waals surface area (Å²) in [7, 11) is 0. The number of hydrogen-bond acceptors (Lipinski definition) is 3. The molecule has 3 aliphatic rings. The molecule has 0 aromatic rings. The normalized spacial score (nSPS) is 29.3. The smallest absolute Gasteiger partial charge is 0.236 e. The minimum atomic E-state index is 0.215. The highest BCUT2D eigenvalue weighted by Crippen LogP contribution is 2.26. The number of likely N-dealkylation sites (tertiary alicyclic amines) is 2. The van der Waals surface area contributed by atoms with Crippen LogP contribution in [0.15, 0.2) is 0 Å². The van der Waals surface area contributed by atoms with Gasteiger partial charge in [0, 0.05) is 37.6 Å². The van der Waals surface area contributed by atoms with Gasteiger partial charge in [-0.1, -0.05) is 19.3 Å². The maximum Gasteiger partial charge on any atom is 0.236 e. The van der Waals surface area contributed by atoms with Crippen LogP contribution in [-0.2, 0) is 9.59 Å². The number of amides is 2. The van der Waals surface area contributed by atoms with E-state index in [0.29, 0.717) is 18.5 Å². The first-order valence-corrected chi connectivity index (χ1v) is 9.47. The van der Waals surface area contributed by atoms with Crippen LogP contribution in [0.2, 0.25) is 0 Å². The summed E-state index contributed by atoms with van der Waals surface area (Å²) in [5.74, 6) is 0.829. The second-order valence-electron chi connectivity index (χ2n) is 7.56. The lowest BCUT2D eigenvalue weighted by molar-refractivity contribution is -0.135. The van der Waals surface area contributed by atoms with Gasteiger partial charge in [-0.15, -0.1) is 0 Å². The molecule has 0 spiro atoms. The fourth-order valence-electron chi connectivity index (χ4n) is 4.37. The van der Waals surface area contributed by atoms with Gasteiger partial charge in [-0.2, -0.15) is 0 Å². The van der Waals surface area contributed by atoms with Crippen LogP contribution in [0.1, 0.15) is 58.3 Å². The van der Waals surface area contributed by atoms with Crippen molar-refractivity contribution in [2.24, 2.45) is 5.92 Å². The zero-order valence-electron chi connectivity index (χ0n) is 14.4. The molecule has 2 atom stereocenters. The van der Waals surface area contributed by atoms with Gasteiger partial charge in [0.2, 0.25) is 11.8 Å². The lowest BCUT2D eigenvalue weighted by Crippen LogP contribution is -2.44. The van der Waals surface area contributed by atoms with Crippen LogP contribution >= 0.6 is 0 Å². The van der Waals surface area contributed by atoms with E-state index in [1.807, 2.05) is 9.80 Å². The fourth-order valence-corrected chi connectivity index (χ4v) is 4.37. The monoisotopic (exact) mass is 321 g/mol. The zero-order valence-corrected chi connectivity index (χ0v) is 14.4. The molecule has 3 rings (SSSR count). The van der Waals surface area contributed by atoms with Gasteiger partial charge in [-0.05, 0) is 39.0 Å². The zero-order chi connectivity index (χ0) is 16.2. The Morgan fingerprint density at radius 2 is 1.78 bits per heavy atom. The Balaban J connectivity index is 1.41. The van der Waals surface area contributed by atoms with Crippen molar-refractivity contribution in [3.63, 3.8) is 0 Å². The van der Waals surface area contributed by atoms with Gasteiger partial charge in [0.15, 0.2) is 0 Å². The van der Waals surface area contributed by atoms with E-state index < -0.39 is 0 Å². The van der Waals surface area contributed by atoms with E-state index >= 15 is 0 Å². The minimum Gasteiger partial charge on any atom is -0.341 e. The van der Waals surface area contributed by atoms with Crippen LogP contribution in [0, 0.1) is 5.92 Å². The summed E-state index contributed by atoms with van der Waals surface area (Å²) < 4.78 is 0. The molecule has 5 heteroatoms. The molecule has 0 radical (unpaired) electrons. The Morgan fingerprint density at radius 1 is 1.00 bits per heavy atom. The Morgan fingerprint density at radius 3 is 2.48 bits per heavy atom. The highest BCUT2D eigenvalue weighted by molar-refractivity contribution is 5.80. The molecule has 0 bridgehead atoms. The third-order valence-corrected chi connectivity index (χ3v) is 5.87. The van der Waals surface area contributed by atoms with Crippen LogP contribution in [-0.4, -0.2) is 59.9 Å². The summed E-state index contributed by atoms with van der Waals surface area (Å²) in [4.78, 5) is 28.8. The standard InChI is InChI=1S/C18H31N3O2/c1-14-6-5-10-21(14)17(22)12-19-16-9-11-20(13-16)18(23)15-7-3-2-4-8-15/h14-16,19H,2-13H2,1H3/t14-,16+/m1/s1. The number of rotatable bonds is 4. The lowest BCUT2D eigenvalue weighted by Gasteiger charge is -2.26. The average molecular weight is 321 g/mol. The molecule has 2 heterocycles. The van der Waals surface area contributed by atoms with Gasteiger partial charge in [-0.3, -0.25) is 9.59 Å². The fraction of sp³-hybridized carbons (Fsp3) is 0.889. The van der Waals surface area contributed by atoms with Crippen LogP contribution in [0.4, 0.5) is 0 Å². The Labute approximate surface area is 139 Å². The quantitative estimate of drug-likeness (QED) is 0.858. The summed E-state index contributed by atoms with van der Waals surface area (Å²) >= 11 is 0. The van der Waals surface area contributed by atoms with Crippen molar-refractivity contribution in [1.29, 1.82) is 0 Å². The van der Waals surface area contributed by atoms with Gasteiger partial charge in [-0.25, -0.2) is 0 Å². The van der Waals surface area contributed by atoms with E-state index in [1.54, 1.807) is 0 Å². The molecule has 2 aliphatic heterocycles. The molecule has 0 aromatic carbocycles. The van der Waals surface area contributed by atoms with Gasteiger partial charge < -0.3 is 15.1 Å². The van der Waals surface area contributed by atoms with E-state index in [1.165, 1.54) is 19.3 Å². The molecule has 2 saturated heterocycles. The molecule has 5 nitrogen and oxygen atoms in total. The van der Waals surface area contributed by atoms with E-state index in [0.717, 1.165) is 51.7 Å². The molecule has 3 fully saturated rings. The molecule has 2 amide bonds. The second-order valence-corrected chi connectivity index (χ2v) is 7.56. The molecule has 1 N–H and O–H groups in total. The number of nitrogens with zero attached hydrogens (tertiary/aromatic N) is 2. The lowest BCUT2D eigenvalue weighted by atomic mass is 9.88. The summed E-state index contributed by atoms with van der Waals surface area (Å²) in [5, 5.41) is 3.38. The van der Waals surface area contributed by atoms with Crippen molar-refractivity contribution < 1.29 is 9.59 Å². The summed E-state index contributed by atoms with van der Waals surface area (Å²) in [5.41, 5.74) is 0. The van der Waals surface area contributed by atoms with E-state index in [9.17, 15) is 9.59 Å². The summed E-state index contributed by atoms with van der Waals surface area (Å²) in [6.07, 6.45) is 9.05. The molecule has 23 heavy (non-hydrogen) atoms. The molecular formula is C18H31N3O2. The first-order chi connectivity index (χ1) is 11.1. The van der Waals surface area contributed by atoms with Crippen LogP contribution in [0.3, 0.4) is 0 Å². The molecule has 1 aliphatic carbocycles. The Bertz CT molecular complexity index is 434. The molecule has 0 unspecified atom stereocenters. The number of nitrogens with one attached hydrogen (secondary N) is 1. The third-order valence-electron chi connectivity index (χ3n) is 5.87. The van der Waals surface area contributed by atoms with Crippen molar-refractivity contribution in [1.82, 2.24) is 15.1 Å². The van der Waals surface area contributed by atoms with Crippen molar-refractivity contribution in [2.75, 3.05) is 26.2 Å². The molecular weight excluding hydrogens is 290 g/mol. The maximum atomic E-state index is 12.6. The summed E-state index contributed by atoms with van der Waals surface area (Å²) in [6.45, 7) is 5.07. The molecule has 1 saturated carbocycles. The minimum absolute atomic E-state index is 0.215. The molecule has 0 aromatic heterocycles. The maximum absolute atomic E-state index is 12.6. The van der Waals surface area contributed by atoms with Crippen LogP contribution < -0.4 is 5.32 Å². The van der Waals surface area contributed by atoms with E-state index in [-0.39, 0.29) is 17.9 Å². The third kappa shape index (κ3) is 4.06. The SMILES string of the molecule is C[C@@H]1CCCN1C(=O)CN[C@H]1CCN(C(=O)C2CCCCC2)C1. The number of carbonyl (C=O) groups is 2. The second kappa shape index (κ2) is 7.65. The largest absolute Gasteiger partial charge is 0.341 e. The summed E-state index contributed by atoms with van der Waals surface area (Å²) in [6, 6.07) is 0.668. The predicted octanol–water partition coefficient (Wildman–Crippen LogP) is 1.77. The van der Waals surface area contributed by atoms with Gasteiger partial charge in [0.1, 0.15) is 0 Å². The van der Waals surface area contributed by atoms with Crippen molar-refractivity contribution in [2.45, 2.75) is 70.4 Å². The van der Waals surface area contributed by atoms with Crippen molar-refractivity contribution >= 4 is 11.8 Å². The Hall–Kier alpha value is -1.10. The predicted molar refractivity (Wildman–Crippen MR) is 90.0 cm³/mol. The number of hydrogen-bond donors (Lipinski definition) is 1. The van der Waals surface area contributed by atoms with E-state index in [2.05, 4.69) is 12.2 Å². The van der Waals surface area contributed by atoms with Crippen molar-refractivity contribution in [3.8, 4) is 0 Å². The van der Waals surface area contributed by atoms with Gasteiger partial charge in [0.25, 0.3) is 0 Å². The van der Waals surface area contributed by atoms with Gasteiger partial charge >= 0.3 is 0 Å². The first kappa shape index (κ1) is 16.7. The number of carbonyl (C=O) groups excluding carboxylic acids is 2. The molecule has 130 valence electrons. The highest BCUT2D eigenvalue weighted by Gasteiger charge is 2.32. The highest BCUT2D eigenvalue weighted by atomic mass is 16.2. The van der Waals surface area contributed by atoms with Crippen LogP contribution in [0.5, 0.6) is 0 Å².